The van der Waals surface area contributed by atoms with Crippen LogP contribution in [-0.2, 0) is 16.0 Å². The lowest BCUT2D eigenvalue weighted by Gasteiger charge is -2.00. The summed E-state index contributed by atoms with van der Waals surface area (Å²) < 4.78 is 0. The molecule has 1 aromatic heterocycles. The Morgan fingerprint density at radius 2 is 1.95 bits per heavy atom. The fraction of sp³-hybridized carbons (Fsp3) is 0.222. The summed E-state index contributed by atoms with van der Waals surface area (Å²) in [5.41, 5.74) is 6.68. The molecule has 0 unspecified atom stereocenters. The third kappa shape index (κ3) is 2.37. The van der Waals surface area contributed by atoms with E-state index in [1.54, 1.807) is 0 Å². The lowest BCUT2D eigenvalue weighted by atomic mass is 10.0. The van der Waals surface area contributed by atoms with Gasteiger partial charge >= 0.3 is 0 Å². The molecule has 0 aliphatic carbocycles. The summed E-state index contributed by atoms with van der Waals surface area (Å²) in [7, 11) is 0. The van der Waals surface area contributed by atoms with Crippen molar-refractivity contribution in [2.45, 2.75) is 26.7 Å². The molecule has 2 heterocycles. The largest absolute Gasteiger partial charge is 0.359 e. The van der Waals surface area contributed by atoms with Gasteiger partial charge in [0.15, 0.2) is 0 Å². The highest BCUT2D eigenvalue weighted by Gasteiger charge is 2.24. The summed E-state index contributed by atoms with van der Waals surface area (Å²) in [6.07, 6.45) is 4.07. The number of hydrogen-bond donors (Lipinski definition) is 2. The van der Waals surface area contributed by atoms with Crippen LogP contribution in [0.15, 0.2) is 24.3 Å². The van der Waals surface area contributed by atoms with Crippen LogP contribution < -0.4 is 5.32 Å². The van der Waals surface area contributed by atoms with Crippen LogP contribution in [0.1, 0.15) is 34.5 Å². The van der Waals surface area contributed by atoms with Crippen LogP contribution in [0.3, 0.4) is 0 Å². The van der Waals surface area contributed by atoms with Gasteiger partial charge in [0.25, 0.3) is 5.91 Å². The van der Waals surface area contributed by atoms with Crippen molar-refractivity contribution in [1.29, 1.82) is 0 Å². The highest BCUT2D eigenvalue weighted by Crippen LogP contribution is 2.33. The molecule has 0 spiro atoms. The Labute approximate surface area is 129 Å². The van der Waals surface area contributed by atoms with Crippen LogP contribution in [0.25, 0.3) is 11.6 Å². The van der Waals surface area contributed by atoms with E-state index in [0.29, 0.717) is 12.0 Å². The Hall–Kier alpha value is -2.62. The number of aryl methyl sites for hydroxylation is 1. The zero-order valence-corrected chi connectivity index (χ0v) is 12.7. The first-order valence-electron chi connectivity index (χ1n) is 7.36. The molecule has 112 valence electrons. The van der Waals surface area contributed by atoms with Gasteiger partial charge in [-0.15, -0.1) is 0 Å². The fourth-order valence-electron chi connectivity index (χ4n) is 2.96. The molecule has 22 heavy (non-hydrogen) atoms. The molecule has 1 aliphatic heterocycles. The molecule has 4 heteroatoms. The molecule has 4 nitrogen and oxygen atoms in total. The topological polar surface area (TPSA) is 62.0 Å². The normalized spacial score (nSPS) is 15.0. The number of carbonyl (C=O) groups excluding carboxylic acids is 2. The number of amides is 1. The number of carbonyl (C=O) groups is 2. The quantitative estimate of drug-likeness (QED) is 0.671. The van der Waals surface area contributed by atoms with Crippen LogP contribution in [0, 0.1) is 13.8 Å². The van der Waals surface area contributed by atoms with Gasteiger partial charge in [-0.3, -0.25) is 4.79 Å². The molecule has 1 amide bonds. The first-order valence-corrected chi connectivity index (χ1v) is 7.36. The number of anilines is 1. The van der Waals surface area contributed by atoms with Crippen molar-refractivity contribution in [1.82, 2.24) is 4.98 Å². The molecule has 0 atom stereocenters. The lowest BCUT2D eigenvalue weighted by Crippen LogP contribution is -2.03. The average molecular weight is 294 g/mol. The molecule has 0 bridgehead atoms. The molecule has 3 rings (SSSR count). The van der Waals surface area contributed by atoms with Gasteiger partial charge in [-0.1, -0.05) is 18.2 Å². The summed E-state index contributed by atoms with van der Waals surface area (Å²) in [6, 6.07) is 7.67. The maximum atomic E-state index is 12.2. The van der Waals surface area contributed by atoms with E-state index < -0.39 is 0 Å². The number of nitrogens with one attached hydrogen (secondary N) is 2. The zero-order chi connectivity index (χ0) is 15.7. The zero-order valence-electron chi connectivity index (χ0n) is 12.7. The third-order valence-electron chi connectivity index (χ3n) is 4.14. The molecule has 0 fully saturated rings. The van der Waals surface area contributed by atoms with E-state index in [0.717, 1.165) is 46.5 Å². The van der Waals surface area contributed by atoms with E-state index in [4.69, 9.17) is 0 Å². The van der Waals surface area contributed by atoms with Gasteiger partial charge in [0.1, 0.15) is 6.29 Å². The van der Waals surface area contributed by atoms with Crippen molar-refractivity contribution in [3.05, 3.63) is 52.3 Å². The second-order valence-corrected chi connectivity index (χ2v) is 5.53. The Morgan fingerprint density at radius 3 is 2.73 bits per heavy atom. The minimum Gasteiger partial charge on any atom is -0.359 e. The minimum atomic E-state index is -0.0812. The van der Waals surface area contributed by atoms with E-state index in [2.05, 4.69) is 10.3 Å². The van der Waals surface area contributed by atoms with Crippen molar-refractivity contribution >= 4 is 29.5 Å². The minimum absolute atomic E-state index is 0.0812. The highest BCUT2D eigenvalue weighted by molar-refractivity contribution is 6.34. The molecular formula is C18H18N2O2. The monoisotopic (exact) mass is 294 g/mol. The van der Waals surface area contributed by atoms with Crippen LogP contribution in [-0.4, -0.2) is 17.2 Å². The van der Waals surface area contributed by atoms with E-state index in [9.17, 15) is 9.59 Å². The van der Waals surface area contributed by atoms with E-state index in [1.165, 1.54) is 0 Å². The third-order valence-corrected chi connectivity index (χ3v) is 4.14. The van der Waals surface area contributed by atoms with Crippen LogP contribution in [0.2, 0.25) is 0 Å². The number of H-pyrrole nitrogens is 1. The Morgan fingerprint density at radius 1 is 1.18 bits per heavy atom. The van der Waals surface area contributed by atoms with Crippen LogP contribution >= 0.6 is 0 Å². The van der Waals surface area contributed by atoms with Crippen molar-refractivity contribution in [2.24, 2.45) is 0 Å². The molecule has 1 aliphatic rings. The first-order chi connectivity index (χ1) is 10.6. The van der Waals surface area contributed by atoms with Crippen molar-refractivity contribution in [2.75, 3.05) is 5.32 Å². The second-order valence-electron chi connectivity index (χ2n) is 5.53. The van der Waals surface area contributed by atoms with Gasteiger partial charge in [-0.05, 0) is 43.5 Å². The fourth-order valence-corrected chi connectivity index (χ4v) is 2.96. The van der Waals surface area contributed by atoms with E-state index in [1.807, 2.05) is 44.2 Å². The number of rotatable bonds is 4. The maximum Gasteiger partial charge on any atom is 0.256 e. The summed E-state index contributed by atoms with van der Waals surface area (Å²) in [5.74, 6) is -0.0812. The molecule has 0 saturated heterocycles. The SMILES string of the molecule is Cc1[nH]c(/C=C2\C(=O)Nc3ccccc32)c(C)c1CCC=O. The predicted octanol–water partition coefficient (Wildman–Crippen LogP) is 3.26. The first kappa shape index (κ1) is 14.3. The van der Waals surface area contributed by atoms with E-state index >= 15 is 0 Å². The smallest absolute Gasteiger partial charge is 0.256 e. The molecule has 0 radical (unpaired) electrons. The number of para-hydroxylation sites is 1. The lowest BCUT2D eigenvalue weighted by molar-refractivity contribution is -0.111. The van der Waals surface area contributed by atoms with Crippen LogP contribution in [0.4, 0.5) is 5.69 Å². The standard InChI is InChI=1S/C18H18N2O2/c1-11-13(7-5-9-21)12(2)19-17(11)10-15-14-6-3-4-8-16(14)20-18(15)22/h3-4,6,8-10,19H,5,7H2,1-2H3,(H,20,22)/b15-10-. The molecule has 0 saturated carbocycles. The van der Waals surface area contributed by atoms with E-state index in [-0.39, 0.29) is 5.91 Å². The summed E-state index contributed by atoms with van der Waals surface area (Å²) >= 11 is 0. The summed E-state index contributed by atoms with van der Waals surface area (Å²) in [4.78, 5) is 26.1. The number of aromatic amines is 1. The number of aldehydes is 1. The number of aromatic nitrogens is 1. The summed E-state index contributed by atoms with van der Waals surface area (Å²) in [6.45, 7) is 4.02. The predicted molar refractivity (Wildman–Crippen MR) is 87.6 cm³/mol. The van der Waals surface area contributed by atoms with Crippen molar-refractivity contribution in [3.8, 4) is 0 Å². The molecule has 2 N–H and O–H groups in total. The van der Waals surface area contributed by atoms with Gasteiger partial charge in [0.05, 0.1) is 5.57 Å². The van der Waals surface area contributed by atoms with Gasteiger partial charge in [0.2, 0.25) is 0 Å². The van der Waals surface area contributed by atoms with Gasteiger partial charge in [-0.25, -0.2) is 0 Å². The Balaban J connectivity index is 2.03. The van der Waals surface area contributed by atoms with Gasteiger partial charge in [0, 0.05) is 29.1 Å². The Bertz CT molecular complexity index is 784. The van der Waals surface area contributed by atoms with Crippen molar-refractivity contribution in [3.63, 3.8) is 0 Å². The summed E-state index contributed by atoms with van der Waals surface area (Å²) in [5, 5.41) is 2.88. The van der Waals surface area contributed by atoms with Crippen LogP contribution in [0.5, 0.6) is 0 Å². The van der Waals surface area contributed by atoms with Gasteiger partial charge in [-0.2, -0.15) is 0 Å². The molecule has 1 aromatic carbocycles. The number of benzene rings is 1. The maximum absolute atomic E-state index is 12.2. The molecule has 2 aromatic rings. The molecular weight excluding hydrogens is 276 g/mol. The number of hydrogen-bond acceptors (Lipinski definition) is 2. The van der Waals surface area contributed by atoms with Crippen molar-refractivity contribution < 1.29 is 9.59 Å². The second kappa shape index (κ2) is 5.64. The highest BCUT2D eigenvalue weighted by atomic mass is 16.2. The number of fused-ring (bicyclic) bond motifs is 1. The average Bonchev–Trinajstić information content (AvgIpc) is 2.96. The Kier molecular flexibility index (Phi) is 3.67. The van der Waals surface area contributed by atoms with Gasteiger partial charge < -0.3 is 15.1 Å².